The molecular formula is C18H27N4O5+. The zero-order chi connectivity index (χ0) is 19.8. The van der Waals surface area contributed by atoms with Gasteiger partial charge in [0.05, 0.1) is 45.6 Å². The Morgan fingerprint density at radius 2 is 1.89 bits per heavy atom. The molecule has 9 heteroatoms. The summed E-state index contributed by atoms with van der Waals surface area (Å²) in [6.45, 7) is 6.30. The molecule has 0 radical (unpaired) electrons. The first kappa shape index (κ1) is 20.5. The lowest BCUT2D eigenvalue weighted by molar-refractivity contribution is -0.895. The first-order chi connectivity index (χ1) is 12.9. The number of ether oxygens (including phenoxy) is 2. The summed E-state index contributed by atoms with van der Waals surface area (Å²) in [5.41, 5.74) is 1.08. The van der Waals surface area contributed by atoms with Gasteiger partial charge >= 0.3 is 6.09 Å². The smallest absolute Gasteiger partial charge is 0.410 e. The van der Waals surface area contributed by atoms with Crippen LogP contribution in [0.5, 0.6) is 5.75 Å². The average Bonchev–Trinajstić information content (AvgIpc) is 2.62. The van der Waals surface area contributed by atoms with E-state index in [4.69, 9.17) is 9.47 Å². The van der Waals surface area contributed by atoms with Crippen LogP contribution in [0, 0.1) is 0 Å². The van der Waals surface area contributed by atoms with Gasteiger partial charge in [-0.05, 0) is 25.1 Å². The SMILES string of the molecule is CCOC(=O)N1CC[NH+](CC(=O)Nc2cc(NC(C)=O)ccc2OC)CC1. The highest BCUT2D eigenvalue weighted by molar-refractivity contribution is 5.95. The minimum atomic E-state index is -0.305. The summed E-state index contributed by atoms with van der Waals surface area (Å²) in [5, 5.41) is 5.51. The fraction of sp³-hybridized carbons (Fsp3) is 0.500. The number of benzene rings is 1. The van der Waals surface area contributed by atoms with Gasteiger partial charge in [0, 0.05) is 12.6 Å². The predicted octanol–water partition coefficient (Wildman–Crippen LogP) is -0.0509. The highest BCUT2D eigenvalue weighted by atomic mass is 16.6. The normalized spacial score (nSPS) is 14.4. The van der Waals surface area contributed by atoms with Crippen molar-refractivity contribution in [3.05, 3.63) is 18.2 Å². The van der Waals surface area contributed by atoms with Crippen molar-refractivity contribution in [2.24, 2.45) is 0 Å². The number of hydrogen-bond acceptors (Lipinski definition) is 5. The number of carbonyl (C=O) groups is 3. The van der Waals surface area contributed by atoms with Gasteiger partial charge in [0.1, 0.15) is 5.75 Å². The molecule has 0 saturated carbocycles. The minimum Gasteiger partial charge on any atom is -0.495 e. The van der Waals surface area contributed by atoms with Crippen LogP contribution in [0.1, 0.15) is 13.8 Å². The molecule has 1 saturated heterocycles. The van der Waals surface area contributed by atoms with Crippen molar-refractivity contribution in [2.75, 3.05) is 57.1 Å². The highest BCUT2D eigenvalue weighted by Gasteiger charge is 2.26. The van der Waals surface area contributed by atoms with Crippen LogP contribution < -0.4 is 20.3 Å². The zero-order valence-corrected chi connectivity index (χ0v) is 16.0. The monoisotopic (exact) mass is 379 g/mol. The molecule has 2 rings (SSSR count). The molecule has 0 unspecified atom stereocenters. The lowest BCUT2D eigenvalue weighted by Crippen LogP contribution is -3.15. The van der Waals surface area contributed by atoms with Gasteiger partial charge in [-0.1, -0.05) is 0 Å². The van der Waals surface area contributed by atoms with Crippen molar-refractivity contribution in [2.45, 2.75) is 13.8 Å². The predicted molar refractivity (Wildman–Crippen MR) is 100 cm³/mol. The third-order valence-corrected chi connectivity index (χ3v) is 4.20. The number of methoxy groups -OCH3 is 1. The number of carbonyl (C=O) groups excluding carboxylic acids is 3. The van der Waals surface area contributed by atoms with E-state index in [-0.39, 0.29) is 24.5 Å². The molecule has 0 aliphatic carbocycles. The number of anilines is 2. The molecule has 0 spiro atoms. The number of hydrogen-bond donors (Lipinski definition) is 3. The first-order valence-electron chi connectivity index (χ1n) is 8.93. The fourth-order valence-electron chi connectivity index (χ4n) is 2.91. The van der Waals surface area contributed by atoms with Gasteiger partial charge in [0.2, 0.25) is 5.91 Å². The van der Waals surface area contributed by atoms with Crippen LogP contribution >= 0.6 is 0 Å². The quantitative estimate of drug-likeness (QED) is 0.643. The Kier molecular flexibility index (Phi) is 7.42. The van der Waals surface area contributed by atoms with Crippen LogP contribution in [0.3, 0.4) is 0 Å². The Bertz CT molecular complexity index is 686. The number of nitrogens with one attached hydrogen (secondary N) is 3. The lowest BCUT2D eigenvalue weighted by Gasteiger charge is -2.31. The van der Waals surface area contributed by atoms with Gasteiger partial charge < -0.3 is 25.0 Å². The summed E-state index contributed by atoms with van der Waals surface area (Å²) in [6, 6.07) is 5.05. The van der Waals surface area contributed by atoms with Gasteiger partial charge in [-0.25, -0.2) is 4.79 Å². The van der Waals surface area contributed by atoms with Crippen molar-refractivity contribution in [1.82, 2.24) is 4.90 Å². The van der Waals surface area contributed by atoms with Crippen LogP contribution in [0.4, 0.5) is 16.2 Å². The summed E-state index contributed by atoms with van der Waals surface area (Å²) >= 11 is 0. The third-order valence-electron chi connectivity index (χ3n) is 4.20. The lowest BCUT2D eigenvalue weighted by atomic mass is 10.2. The molecule has 0 aromatic heterocycles. The summed E-state index contributed by atoms with van der Waals surface area (Å²) in [7, 11) is 1.52. The minimum absolute atomic E-state index is 0.159. The first-order valence-corrected chi connectivity index (χ1v) is 8.93. The van der Waals surface area contributed by atoms with Crippen molar-refractivity contribution in [3.63, 3.8) is 0 Å². The Morgan fingerprint density at radius 3 is 2.48 bits per heavy atom. The summed E-state index contributed by atoms with van der Waals surface area (Å²) in [4.78, 5) is 38.1. The fourth-order valence-corrected chi connectivity index (χ4v) is 2.91. The molecule has 148 valence electrons. The number of piperazine rings is 1. The molecule has 0 atom stereocenters. The maximum Gasteiger partial charge on any atom is 0.410 e. The van der Waals surface area contributed by atoms with Crippen molar-refractivity contribution in [1.29, 1.82) is 0 Å². The molecular weight excluding hydrogens is 352 g/mol. The molecule has 1 aliphatic heterocycles. The van der Waals surface area contributed by atoms with E-state index in [9.17, 15) is 14.4 Å². The van der Waals surface area contributed by atoms with Gasteiger partial charge in [0.15, 0.2) is 6.54 Å². The molecule has 1 heterocycles. The Hall–Kier alpha value is -2.81. The van der Waals surface area contributed by atoms with Crippen LogP contribution in [0.15, 0.2) is 18.2 Å². The average molecular weight is 379 g/mol. The number of rotatable bonds is 6. The number of amides is 3. The Morgan fingerprint density at radius 1 is 1.19 bits per heavy atom. The molecule has 27 heavy (non-hydrogen) atoms. The maximum atomic E-state index is 12.4. The molecule has 1 fully saturated rings. The topological polar surface area (TPSA) is 101 Å². The number of nitrogens with zero attached hydrogens (tertiary/aromatic N) is 1. The second-order valence-electron chi connectivity index (χ2n) is 6.26. The van der Waals surface area contributed by atoms with E-state index in [1.807, 2.05) is 0 Å². The molecule has 1 aliphatic rings. The van der Waals surface area contributed by atoms with Gasteiger partial charge in [-0.15, -0.1) is 0 Å². The maximum absolute atomic E-state index is 12.4. The molecule has 0 bridgehead atoms. The van der Waals surface area contributed by atoms with E-state index in [1.165, 1.54) is 14.0 Å². The summed E-state index contributed by atoms with van der Waals surface area (Å²) < 4.78 is 10.3. The standard InChI is InChI=1S/C18H26N4O5/c1-4-27-18(25)22-9-7-21(8-10-22)12-17(24)20-15-11-14(19-13(2)23)5-6-16(15)26-3/h5-6,11H,4,7-10,12H2,1-3H3,(H,19,23)(H,20,24)/p+1. The van der Waals surface area contributed by atoms with Crippen LogP contribution in [0.25, 0.3) is 0 Å². The van der Waals surface area contributed by atoms with E-state index >= 15 is 0 Å². The molecule has 9 nitrogen and oxygen atoms in total. The van der Waals surface area contributed by atoms with E-state index < -0.39 is 0 Å². The summed E-state index contributed by atoms with van der Waals surface area (Å²) in [6.07, 6.45) is -0.305. The third kappa shape index (κ3) is 6.14. The van der Waals surface area contributed by atoms with Crippen molar-refractivity contribution >= 4 is 29.3 Å². The van der Waals surface area contributed by atoms with E-state index in [0.29, 0.717) is 49.9 Å². The number of quaternary nitrogens is 1. The largest absolute Gasteiger partial charge is 0.495 e. The van der Waals surface area contributed by atoms with E-state index in [0.717, 1.165) is 4.90 Å². The Labute approximate surface area is 158 Å². The van der Waals surface area contributed by atoms with Crippen molar-refractivity contribution < 1.29 is 28.8 Å². The zero-order valence-electron chi connectivity index (χ0n) is 16.0. The van der Waals surface area contributed by atoms with Crippen LogP contribution in [-0.4, -0.2) is 69.2 Å². The Balaban J connectivity index is 1.90. The second-order valence-corrected chi connectivity index (χ2v) is 6.26. The van der Waals surface area contributed by atoms with Crippen LogP contribution in [0.2, 0.25) is 0 Å². The van der Waals surface area contributed by atoms with Gasteiger partial charge in [-0.3, -0.25) is 14.5 Å². The van der Waals surface area contributed by atoms with E-state index in [2.05, 4.69) is 10.6 Å². The van der Waals surface area contributed by atoms with Gasteiger partial charge in [0.25, 0.3) is 5.91 Å². The molecule has 3 N–H and O–H groups in total. The molecule has 1 aromatic rings. The van der Waals surface area contributed by atoms with E-state index in [1.54, 1.807) is 30.0 Å². The molecule has 3 amide bonds. The van der Waals surface area contributed by atoms with Crippen molar-refractivity contribution in [3.8, 4) is 5.75 Å². The summed E-state index contributed by atoms with van der Waals surface area (Å²) in [5.74, 6) is 0.161. The highest BCUT2D eigenvalue weighted by Crippen LogP contribution is 2.27. The second kappa shape index (κ2) is 9.77. The van der Waals surface area contributed by atoms with Crippen LogP contribution in [-0.2, 0) is 14.3 Å². The van der Waals surface area contributed by atoms with Gasteiger partial charge in [-0.2, -0.15) is 0 Å². The molecule has 1 aromatic carbocycles.